The van der Waals surface area contributed by atoms with Crippen LogP contribution in [0.25, 0.3) is 123 Å². The summed E-state index contributed by atoms with van der Waals surface area (Å²) in [5.41, 5.74) is 39.9. The van der Waals surface area contributed by atoms with E-state index in [-0.39, 0.29) is 22.7 Å². The maximum absolute atomic E-state index is 11.8. The number of carbonyl (C=O) groups excluding carboxylic acids is 2. The van der Waals surface area contributed by atoms with Crippen molar-refractivity contribution in [2.45, 2.75) is 104 Å². The van der Waals surface area contributed by atoms with Crippen LogP contribution in [0.5, 0.6) is 0 Å². The quantitative estimate of drug-likeness (QED) is 0.0872. The molecule has 10 heteroatoms. The average Bonchev–Trinajstić information content (AvgIpc) is 1.60. The molecule has 12 aromatic rings. The molecule has 0 aliphatic carbocycles. The SMILES string of the molecule is CC(=O)/C(C#N)=C/c1ccc(-c2ccc(-c3c(C)c(-c4cc(C)cc(C)c4)c(C)c(-c4cc(C)cc(C)c4)c3C)c3nsnc23)cc1.CC(=O)/C(C#N)=C/c1ccc(-c2ccc(-c3cc(-c4c(C)cc(C)cc4C)cc(-c4c(C)cc(C)cc4C)c3)c3nsnc23)cc1. The van der Waals surface area contributed by atoms with Gasteiger partial charge in [-0.1, -0.05) is 167 Å². The van der Waals surface area contributed by atoms with Gasteiger partial charge in [-0.05, 0) is 251 Å². The van der Waals surface area contributed by atoms with Crippen molar-refractivity contribution in [1.82, 2.24) is 17.5 Å². The first-order chi connectivity index (χ1) is 44.5. The van der Waals surface area contributed by atoms with Crippen LogP contribution in [0.3, 0.4) is 0 Å². The summed E-state index contributed by atoms with van der Waals surface area (Å²) >= 11 is 2.45. The lowest BCUT2D eigenvalue weighted by Gasteiger charge is -2.24. The lowest BCUT2D eigenvalue weighted by molar-refractivity contribution is -0.114. The summed E-state index contributed by atoms with van der Waals surface area (Å²) in [5.74, 6) is -0.490. The summed E-state index contributed by atoms with van der Waals surface area (Å²) in [5, 5.41) is 18.6. The van der Waals surface area contributed by atoms with E-state index in [2.05, 4.69) is 193 Å². The smallest absolute Gasteiger partial charge is 0.170 e. The maximum Gasteiger partial charge on any atom is 0.170 e. The van der Waals surface area contributed by atoms with Gasteiger partial charge >= 0.3 is 0 Å². The Morgan fingerprint density at radius 1 is 0.323 bits per heavy atom. The van der Waals surface area contributed by atoms with Gasteiger partial charge in [-0.25, -0.2) is 0 Å². The second kappa shape index (κ2) is 26.5. The highest BCUT2D eigenvalue weighted by Gasteiger charge is 2.25. The van der Waals surface area contributed by atoms with Gasteiger partial charge in [0.05, 0.1) is 34.6 Å². The molecule has 0 unspecified atom stereocenters. The number of hydrogen-bond donors (Lipinski definition) is 0. The number of allylic oxidation sites excluding steroid dienone is 2. The highest BCUT2D eigenvalue weighted by Crippen LogP contribution is 2.48. The first-order valence-electron chi connectivity index (χ1n) is 31.1. The number of Topliss-reactive ketones (excluding diaryl/α,β-unsaturated/α-hetero) is 2. The minimum atomic E-state index is -0.245. The molecule has 10 aromatic carbocycles. The molecule has 0 spiro atoms. The van der Waals surface area contributed by atoms with Gasteiger partial charge in [-0.2, -0.15) is 28.0 Å². The summed E-state index contributed by atoms with van der Waals surface area (Å²) in [4.78, 5) is 23.5. The number of aryl methyl sites for hydroxylation is 10. The fraction of sp³-hybridized carbons (Fsp3) is 0.181. The molecule has 12 rings (SSSR count). The predicted octanol–water partition coefficient (Wildman–Crippen LogP) is 21.7. The number of nitrogens with zero attached hydrogens (tertiary/aromatic N) is 6. The number of fused-ring (bicyclic) bond motifs is 2. The maximum atomic E-state index is 11.8. The standard InChI is InChI=1S/C42H37N3OS.C41H35N3OS/c1-23-15-24(2)18-33(17-23)38-27(5)39(34-19-25(3)16-26(4)20-34)29(7)40(28(38)6)37-14-13-36(41-42(37)45-47-44-41)32-11-9-31(10-12-32)21-35(22-43)30(8)46;1-23-14-25(3)38(26(4)15-23)33-19-32(20-34(21-33)39-27(5)16-24(2)17-28(39)6)37-13-12-36(40-41(37)44-46-43-40)31-10-8-30(9-11-31)18-35(22-42)29(7)45/h9-21H,1-8H3;8-21H,1-7H3/b35-21+;35-18+. The van der Waals surface area contributed by atoms with Gasteiger partial charge in [-0.3, -0.25) is 9.59 Å². The van der Waals surface area contributed by atoms with E-state index in [0.29, 0.717) is 0 Å². The number of rotatable bonds is 12. The van der Waals surface area contributed by atoms with Crippen molar-refractivity contribution in [2.24, 2.45) is 0 Å². The number of hydrogen-bond acceptors (Lipinski definition) is 10. The monoisotopic (exact) mass is 1250 g/mol. The van der Waals surface area contributed by atoms with Crippen molar-refractivity contribution in [3.8, 4) is 101 Å². The molecule has 0 fully saturated rings. The van der Waals surface area contributed by atoms with E-state index in [1.54, 1.807) is 12.2 Å². The third kappa shape index (κ3) is 13.0. The number of benzene rings is 10. The Bertz CT molecular complexity index is 4960. The molecule has 0 aliphatic rings. The highest BCUT2D eigenvalue weighted by atomic mass is 32.1. The Balaban J connectivity index is 0.000000190. The second-order valence-corrected chi connectivity index (χ2v) is 26.1. The van der Waals surface area contributed by atoms with Crippen molar-refractivity contribution >= 4 is 69.2 Å². The van der Waals surface area contributed by atoms with Crippen molar-refractivity contribution in [2.75, 3.05) is 0 Å². The zero-order valence-electron chi connectivity index (χ0n) is 55.4. The Morgan fingerprint density at radius 3 is 0.935 bits per heavy atom. The van der Waals surface area contributed by atoms with Gasteiger partial charge in [0, 0.05) is 22.3 Å². The molecule has 0 saturated heterocycles. The highest BCUT2D eigenvalue weighted by molar-refractivity contribution is 7.00. The Labute approximate surface area is 554 Å². The number of aromatic nitrogens is 4. The molecule has 0 N–H and O–H groups in total. The number of ketones is 2. The van der Waals surface area contributed by atoms with E-state index in [4.69, 9.17) is 17.5 Å². The van der Waals surface area contributed by atoms with E-state index in [0.717, 1.165) is 72.1 Å². The van der Waals surface area contributed by atoms with Crippen molar-refractivity contribution < 1.29 is 9.59 Å². The van der Waals surface area contributed by atoms with Crippen molar-refractivity contribution in [3.63, 3.8) is 0 Å². The Kier molecular flexibility index (Phi) is 18.3. The first-order valence-corrected chi connectivity index (χ1v) is 32.6. The summed E-state index contributed by atoms with van der Waals surface area (Å²) in [6.07, 6.45) is 3.24. The molecule has 93 heavy (non-hydrogen) atoms. The Morgan fingerprint density at radius 2 is 0.602 bits per heavy atom. The first kappa shape index (κ1) is 64.2. The average molecular weight is 1250 g/mol. The molecular weight excluding hydrogens is 1180 g/mol. The molecule has 0 atom stereocenters. The molecular formula is C83H72N6O2S2. The van der Waals surface area contributed by atoms with Gasteiger partial charge in [0.2, 0.25) is 0 Å². The minimum Gasteiger partial charge on any atom is -0.294 e. The van der Waals surface area contributed by atoms with Gasteiger partial charge in [0.25, 0.3) is 0 Å². The lowest BCUT2D eigenvalue weighted by atomic mass is 9.79. The molecule has 8 nitrogen and oxygen atoms in total. The summed E-state index contributed by atoms with van der Waals surface area (Å²) < 4.78 is 19.3. The normalized spacial score (nSPS) is 11.6. The van der Waals surface area contributed by atoms with Crippen LogP contribution in [0, 0.1) is 113 Å². The van der Waals surface area contributed by atoms with E-state index < -0.39 is 0 Å². The molecule has 2 aromatic heterocycles. The molecule has 0 bridgehead atoms. The van der Waals surface area contributed by atoms with Gasteiger partial charge < -0.3 is 0 Å². The molecule has 0 amide bonds. The van der Waals surface area contributed by atoms with E-state index in [1.807, 2.05) is 60.7 Å². The summed E-state index contributed by atoms with van der Waals surface area (Å²) in [6, 6.07) is 57.9. The fourth-order valence-electron chi connectivity index (χ4n) is 14.0. The van der Waals surface area contributed by atoms with Crippen molar-refractivity contribution in [1.29, 1.82) is 10.5 Å². The van der Waals surface area contributed by atoms with Crippen molar-refractivity contribution in [3.05, 3.63) is 246 Å². The third-order valence-electron chi connectivity index (χ3n) is 17.6. The predicted molar refractivity (Wildman–Crippen MR) is 388 cm³/mol. The Hall–Kier alpha value is -10.4. The third-order valence-corrected chi connectivity index (χ3v) is 18.7. The summed E-state index contributed by atoms with van der Waals surface area (Å²) in [6.45, 7) is 31.3. The molecule has 0 radical (unpaired) electrons. The molecule has 458 valence electrons. The molecule has 0 saturated carbocycles. The van der Waals surface area contributed by atoms with E-state index >= 15 is 0 Å². The van der Waals surface area contributed by atoms with Gasteiger partial charge in [-0.15, -0.1) is 0 Å². The van der Waals surface area contributed by atoms with Crippen LogP contribution < -0.4 is 0 Å². The largest absolute Gasteiger partial charge is 0.294 e. The van der Waals surface area contributed by atoms with Crippen LogP contribution in [-0.2, 0) is 9.59 Å². The number of carbonyl (C=O) groups is 2. The number of nitriles is 2. The zero-order valence-corrected chi connectivity index (χ0v) is 57.0. The molecule has 2 heterocycles. The van der Waals surface area contributed by atoms with Crippen LogP contribution in [0.1, 0.15) is 97.3 Å². The van der Waals surface area contributed by atoms with Crippen LogP contribution in [0.2, 0.25) is 0 Å². The van der Waals surface area contributed by atoms with Gasteiger partial charge in [0.15, 0.2) is 11.6 Å². The van der Waals surface area contributed by atoms with E-state index in [9.17, 15) is 20.1 Å². The van der Waals surface area contributed by atoms with Crippen LogP contribution in [0.15, 0.2) is 163 Å². The lowest BCUT2D eigenvalue weighted by Crippen LogP contribution is -2.02. The van der Waals surface area contributed by atoms with Crippen LogP contribution in [-0.4, -0.2) is 29.1 Å². The molecule has 0 aliphatic heterocycles. The fourth-order valence-corrected chi connectivity index (χ4v) is 15.1. The minimum absolute atomic E-state index is 0.136. The van der Waals surface area contributed by atoms with Gasteiger partial charge in [0.1, 0.15) is 34.2 Å². The van der Waals surface area contributed by atoms with E-state index in [1.165, 1.54) is 160 Å². The zero-order chi connectivity index (χ0) is 66.3. The van der Waals surface area contributed by atoms with Crippen LogP contribution >= 0.6 is 23.5 Å². The second-order valence-electron chi connectivity index (χ2n) is 25.0. The van der Waals surface area contributed by atoms with Crippen LogP contribution in [0.4, 0.5) is 0 Å². The topological polar surface area (TPSA) is 133 Å². The summed E-state index contributed by atoms with van der Waals surface area (Å²) in [7, 11) is 0.